The second kappa shape index (κ2) is 5.58. The Kier molecular flexibility index (Phi) is 3.46. The Balaban J connectivity index is 1.74. The van der Waals surface area contributed by atoms with Gasteiger partial charge in [0, 0.05) is 11.8 Å². The number of aromatic nitrogens is 5. The van der Waals surface area contributed by atoms with Crippen molar-refractivity contribution < 1.29 is 4.79 Å². The minimum atomic E-state index is -0.127. The van der Waals surface area contributed by atoms with E-state index in [4.69, 9.17) is 0 Å². The lowest BCUT2D eigenvalue weighted by Gasteiger charge is -2.08. The molecular formula is C14H14N6O. The van der Waals surface area contributed by atoms with Crippen LogP contribution in [0.3, 0.4) is 0 Å². The van der Waals surface area contributed by atoms with Gasteiger partial charge < -0.3 is 5.32 Å². The fourth-order valence-electron chi connectivity index (χ4n) is 2.05. The Morgan fingerprint density at radius 3 is 2.95 bits per heavy atom. The van der Waals surface area contributed by atoms with E-state index >= 15 is 0 Å². The number of aryl methyl sites for hydroxylation is 1. The number of H-pyrrole nitrogens is 1. The first-order valence-corrected chi connectivity index (χ1v) is 6.46. The first-order valence-electron chi connectivity index (χ1n) is 6.46. The van der Waals surface area contributed by atoms with Crippen molar-refractivity contribution >= 4 is 5.91 Å². The van der Waals surface area contributed by atoms with E-state index in [1.807, 2.05) is 25.1 Å². The van der Waals surface area contributed by atoms with E-state index in [0.29, 0.717) is 12.1 Å². The Hall–Kier alpha value is -2.96. The Morgan fingerprint density at radius 2 is 2.29 bits per heavy atom. The lowest BCUT2D eigenvalue weighted by atomic mass is 10.1. The van der Waals surface area contributed by atoms with Gasteiger partial charge in [-0.1, -0.05) is 0 Å². The molecule has 3 aromatic rings. The molecule has 0 saturated carbocycles. The van der Waals surface area contributed by atoms with Gasteiger partial charge in [0.2, 0.25) is 0 Å². The molecule has 2 aromatic heterocycles. The van der Waals surface area contributed by atoms with Gasteiger partial charge in [-0.2, -0.15) is 10.2 Å². The molecule has 0 atom stereocenters. The Labute approximate surface area is 121 Å². The van der Waals surface area contributed by atoms with E-state index in [-0.39, 0.29) is 5.91 Å². The van der Waals surface area contributed by atoms with Crippen LogP contribution < -0.4 is 5.32 Å². The molecule has 106 valence electrons. The van der Waals surface area contributed by atoms with Gasteiger partial charge in [0.1, 0.15) is 12.7 Å². The summed E-state index contributed by atoms with van der Waals surface area (Å²) < 4.78 is 1.67. The summed E-state index contributed by atoms with van der Waals surface area (Å²) in [6.45, 7) is 2.35. The Morgan fingerprint density at radius 1 is 1.38 bits per heavy atom. The van der Waals surface area contributed by atoms with Crippen molar-refractivity contribution in [1.82, 2.24) is 30.3 Å². The van der Waals surface area contributed by atoms with Crippen molar-refractivity contribution in [2.24, 2.45) is 0 Å². The molecule has 0 aliphatic carbocycles. The van der Waals surface area contributed by atoms with Crippen molar-refractivity contribution in [3.63, 3.8) is 0 Å². The molecule has 2 heterocycles. The summed E-state index contributed by atoms with van der Waals surface area (Å²) in [6, 6.07) is 7.28. The molecule has 21 heavy (non-hydrogen) atoms. The number of rotatable bonds is 4. The predicted octanol–water partition coefficient (Wildman–Crippen LogP) is 1.23. The van der Waals surface area contributed by atoms with Crippen LogP contribution in [0.1, 0.15) is 21.6 Å². The van der Waals surface area contributed by atoms with E-state index in [1.165, 1.54) is 6.33 Å². The minimum absolute atomic E-state index is 0.127. The molecule has 0 aliphatic heterocycles. The van der Waals surface area contributed by atoms with Gasteiger partial charge in [-0.25, -0.2) is 9.67 Å². The fourth-order valence-corrected chi connectivity index (χ4v) is 2.05. The number of carbonyl (C=O) groups is 1. The third-order valence-electron chi connectivity index (χ3n) is 3.12. The molecule has 0 aliphatic rings. The highest BCUT2D eigenvalue weighted by Crippen LogP contribution is 2.14. The normalized spacial score (nSPS) is 10.5. The summed E-state index contributed by atoms with van der Waals surface area (Å²) in [5.74, 6) is -0.127. The van der Waals surface area contributed by atoms with Gasteiger partial charge in [-0.15, -0.1) is 0 Å². The number of nitrogens with zero attached hydrogens (tertiary/aromatic N) is 4. The minimum Gasteiger partial charge on any atom is -0.346 e. The number of nitrogens with one attached hydrogen (secondary N) is 2. The number of aromatic amines is 1. The van der Waals surface area contributed by atoms with Crippen LogP contribution in [0.5, 0.6) is 0 Å². The maximum Gasteiger partial charge on any atom is 0.251 e. The van der Waals surface area contributed by atoms with Crippen LogP contribution in [-0.4, -0.2) is 30.9 Å². The highest BCUT2D eigenvalue weighted by atomic mass is 16.1. The summed E-state index contributed by atoms with van der Waals surface area (Å²) in [4.78, 5) is 16.0. The molecule has 3 rings (SSSR count). The first kappa shape index (κ1) is 13.0. The zero-order chi connectivity index (χ0) is 14.7. The van der Waals surface area contributed by atoms with Gasteiger partial charge in [0.15, 0.2) is 0 Å². The highest BCUT2D eigenvalue weighted by molar-refractivity contribution is 5.94. The smallest absolute Gasteiger partial charge is 0.251 e. The zero-order valence-electron chi connectivity index (χ0n) is 11.4. The SMILES string of the molecule is Cc1cc(C(=O)NCc2ccn[nH]2)ccc1-n1cncn1. The van der Waals surface area contributed by atoms with Gasteiger partial charge in [-0.05, 0) is 36.8 Å². The summed E-state index contributed by atoms with van der Waals surface area (Å²) >= 11 is 0. The standard InChI is InChI=1S/C14H14N6O/c1-10-6-11(2-3-13(10)20-9-15-8-18-20)14(21)16-7-12-4-5-17-19-12/h2-6,8-9H,7H2,1H3,(H,16,21)(H,17,19). The number of carbonyl (C=O) groups excluding carboxylic acids is 1. The third-order valence-corrected chi connectivity index (χ3v) is 3.12. The van der Waals surface area contributed by atoms with E-state index in [1.54, 1.807) is 23.3 Å². The molecule has 2 N–H and O–H groups in total. The average molecular weight is 282 g/mol. The van der Waals surface area contributed by atoms with Gasteiger partial charge >= 0.3 is 0 Å². The maximum atomic E-state index is 12.1. The Bertz CT molecular complexity index is 733. The van der Waals surface area contributed by atoms with Crippen LogP contribution in [0, 0.1) is 6.92 Å². The lowest BCUT2D eigenvalue weighted by Crippen LogP contribution is -2.23. The van der Waals surface area contributed by atoms with Crippen LogP contribution in [0.4, 0.5) is 0 Å². The van der Waals surface area contributed by atoms with E-state index in [9.17, 15) is 4.79 Å². The summed E-state index contributed by atoms with van der Waals surface area (Å²) in [5, 5.41) is 13.6. The number of hydrogen-bond donors (Lipinski definition) is 2. The van der Waals surface area contributed by atoms with Crippen LogP contribution >= 0.6 is 0 Å². The molecular weight excluding hydrogens is 268 g/mol. The van der Waals surface area contributed by atoms with Gasteiger partial charge in [0.05, 0.1) is 17.9 Å². The molecule has 7 heteroatoms. The first-order chi connectivity index (χ1) is 10.2. The van der Waals surface area contributed by atoms with Crippen molar-refractivity contribution in [2.45, 2.75) is 13.5 Å². The third kappa shape index (κ3) is 2.81. The van der Waals surface area contributed by atoms with E-state index in [2.05, 4.69) is 25.6 Å². The fraction of sp³-hybridized carbons (Fsp3) is 0.143. The molecule has 0 radical (unpaired) electrons. The zero-order valence-corrected chi connectivity index (χ0v) is 11.4. The number of amides is 1. The van der Waals surface area contributed by atoms with E-state index in [0.717, 1.165) is 16.9 Å². The quantitative estimate of drug-likeness (QED) is 0.753. The molecule has 1 amide bonds. The van der Waals surface area contributed by atoms with Crippen LogP contribution in [0.25, 0.3) is 5.69 Å². The van der Waals surface area contributed by atoms with E-state index < -0.39 is 0 Å². The topological polar surface area (TPSA) is 88.5 Å². The molecule has 1 aromatic carbocycles. The van der Waals surface area contributed by atoms with Gasteiger partial charge in [0.25, 0.3) is 5.91 Å². The van der Waals surface area contributed by atoms with Crippen molar-refractivity contribution in [2.75, 3.05) is 0 Å². The molecule has 0 saturated heterocycles. The lowest BCUT2D eigenvalue weighted by molar-refractivity contribution is 0.0950. The maximum absolute atomic E-state index is 12.1. The van der Waals surface area contributed by atoms with Crippen LogP contribution in [-0.2, 0) is 6.54 Å². The molecule has 0 fully saturated rings. The van der Waals surface area contributed by atoms with Crippen molar-refractivity contribution in [3.8, 4) is 5.69 Å². The number of benzene rings is 1. The molecule has 0 spiro atoms. The monoisotopic (exact) mass is 282 g/mol. The van der Waals surface area contributed by atoms with Gasteiger partial charge in [-0.3, -0.25) is 9.89 Å². The van der Waals surface area contributed by atoms with Crippen LogP contribution in [0.2, 0.25) is 0 Å². The summed E-state index contributed by atoms with van der Waals surface area (Å²) in [7, 11) is 0. The summed E-state index contributed by atoms with van der Waals surface area (Å²) in [6.07, 6.45) is 4.75. The molecule has 7 nitrogen and oxygen atoms in total. The second-order valence-electron chi connectivity index (χ2n) is 4.61. The predicted molar refractivity (Wildman–Crippen MR) is 75.9 cm³/mol. The second-order valence-corrected chi connectivity index (χ2v) is 4.61. The van der Waals surface area contributed by atoms with Crippen molar-refractivity contribution in [1.29, 1.82) is 0 Å². The average Bonchev–Trinajstić information content (AvgIpc) is 3.17. The highest BCUT2D eigenvalue weighted by Gasteiger charge is 2.09. The number of hydrogen-bond acceptors (Lipinski definition) is 4. The summed E-state index contributed by atoms with van der Waals surface area (Å²) in [5.41, 5.74) is 3.32. The molecule has 0 unspecified atom stereocenters. The van der Waals surface area contributed by atoms with Crippen molar-refractivity contribution in [3.05, 3.63) is 59.9 Å². The van der Waals surface area contributed by atoms with Crippen LogP contribution in [0.15, 0.2) is 43.1 Å². The molecule has 0 bridgehead atoms. The largest absolute Gasteiger partial charge is 0.346 e.